The van der Waals surface area contributed by atoms with Gasteiger partial charge in [0.15, 0.2) is 23.1 Å². The third kappa shape index (κ3) is 3.37. The molecule has 0 heterocycles. The Morgan fingerprint density at radius 3 is 1.80 bits per heavy atom. The van der Waals surface area contributed by atoms with Gasteiger partial charge in [0.2, 0.25) is 0 Å². The first-order valence-corrected chi connectivity index (χ1v) is 12.9. The first-order valence-electron chi connectivity index (χ1n) is 12.9. The minimum absolute atomic E-state index is 0.0163. The van der Waals surface area contributed by atoms with Crippen LogP contribution in [0.15, 0.2) is 40.5 Å². The number of fused-ring (bicyclic) bond motifs is 2. The van der Waals surface area contributed by atoms with Crippen LogP contribution in [0.5, 0.6) is 11.5 Å². The predicted octanol–water partition coefficient (Wildman–Crippen LogP) is 0.960. The Bertz CT molecular complexity index is 1660. The second kappa shape index (κ2) is 8.77. The number of aliphatic hydroxyl groups excluding tert-OH is 4. The molecule has 0 fully saturated rings. The van der Waals surface area contributed by atoms with E-state index in [0.29, 0.717) is 5.56 Å². The molecular formula is C30H26O10. The topological polar surface area (TPSA) is 190 Å². The van der Waals surface area contributed by atoms with Crippen LogP contribution in [-0.2, 0) is 9.59 Å². The summed E-state index contributed by atoms with van der Waals surface area (Å²) in [6.45, 7) is 3.15. The summed E-state index contributed by atoms with van der Waals surface area (Å²) in [4.78, 5) is 53.7. The summed E-state index contributed by atoms with van der Waals surface area (Å²) in [6.07, 6.45) is -6.15. The highest BCUT2D eigenvalue weighted by Gasteiger charge is 2.51. The van der Waals surface area contributed by atoms with Crippen LogP contribution in [0.2, 0.25) is 0 Å². The number of hydrogen-bond donors (Lipinski definition) is 6. The number of carbonyl (C=O) groups is 4. The molecule has 206 valence electrons. The van der Waals surface area contributed by atoms with Gasteiger partial charge in [0.05, 0.1) is 35.5 Å². The molecule has 0 bridgehead atoms. The third-order valence-electron chi connectivity index (χ3n) is 8.55. The number of aromatic hydroxyl groups is 2. The summed E-state index contributed by atoms with van der Waals surface area (Å²) in [6, 6.07) is 4.13. The van der Waals surface area contributed by atoms with Crippen LogP contribution >= 0.6 is 0 Å². The van der Waals surface area contributed by atoms with E-state index in [4.69, 9.17) is 0 Å². The van der Waals surface area contributed by atoms with Crippen molar-refractivity contribution in [2.75, 3.05) is 0 Å². The number of hydrogen-bond acceptors (Lipinski definition) is 10. The van der Waals surface area contributed by atoms with E-state index in [1.807, 2.05) is 0 Å². The first-order chi connectivity index (χ1) is 18.8. The number of phenolic OH excluding ortho intramolecular Hbond substituents is 2. The molecule has 0 aliphatic heterocycles. The highest BCUT2D eigenvalue weighted by atomic mass is 16.3. The molecule has 2 aromatic rings. The molecule has 4 aliphatic carbocycles. The summed E-state index contributed by atoms with van der Waals surface area (Å²) >= 11 is 0. The Kier molecular flexibility index (Phi) is 5.76. The van der Waals surface area contributed by atoms with Crippen molar-refractivity contribution in [3.63, 3.8) is 0 Å². The van der Waals surface area contributed by atoms with E-state index in [2.05, 4.69) is 0 Å². The Morgan fingerprint density at radius 2 is 1.18 bits per heavy atom. The Morgan fingerprint density at radius 1 is 0.650 bits per heavy atom. The molecule has 0 amide bonds. The van der Waals surface area contributed by atoms with Crippen LogP contribution in [0.1, 0.15) is 73.7 Å². The fourth-order valence-electron chi connectivity index (χ4n) is 6.78. The van der Waals surface area contributed by atoms with Crippen LogP contribution in [0, 0.1) is 13.8 Å². The highest BCUT2D eigenvalue weighted by Crippen LogP contribution is 2.49. The van der Waals surface area contributed by atoms with Crippen molar-refractivity contribution in [2.24, 2.45) is 0 Å². The lowest BCUT2D eigenvalue weighted by atomic mass is 9.65. The van der Waals surface area contributed by atoms with Crippen molar-refractivity contribution in [2.45, 2.75) is 63.4 Å². The summed E-state index contributed by atoms with van der Waals surface area (Å²) in [7, 11) is 0. The van der Waals surface area contributed by atoms with E-state index >= 15 is 0 Å². The van der Waals surface area contributed by atoms with Gasteiger partial charge in [0, 0.05) is 44.9 Å². The average Bonchev–Trinajstić information content (AvgIpc) is 2.88. The second-order valence-corrected chi connectivity index (χ2v) is 11.0. The predicted molar refractivity (Wildman–Crippen MR) is 137 cm³/mol. The van der Waals surface area contributed by atoms with Crippen molar-refractivity contribution < 1.29 is 49.8 Å². The molecular weight excluding hydrogens is 520 g/mol. The number of aliphatic hydroxyl groups is 4. The minimum Gasteiger partial charge on any atom is -0.507 e. The summed E-state index contributed by atoms with van der Waals surface area (Å²) < 4.78 is 0. The molecule has 0 unspecified atom stereocenters. The molecule has 6 N–H and O–H groups in total. The van der Waals surface area contributed by atoms with E-state index in [1.165, 1.54) is 25.1 Å². The second-order valence-electron chi connectivity index (χ2n) is 11.0. The smallest absolute Gasteiger partial charge is 0.198 e. The number of phenols is 2. The first kappa shape index (κ1) is 26.3. The van der Waals surface area contributed by atoms with Crippen LogP contribution < -0.4 is 0 Å². The summed E-state index contributed by atoms with van der Waals surface area (Å²) in [5.74, 6) is -5.21. The number of carbonyl (C=O) groups excluding carboxylic acids is 4. The number of ketones is 4. The normalized spacial score (nSPS) is 27.9. The van der Waals surface area contributed by atoms with Crippen molar-refractivity contribution in [1.29, 1.82) is 0 Å². The summed E-state index contributed by atoms with van der Waals surface area (Å²) in [5, 5.41) is 65.2. The maximum Gasteiger partial charge on any atom is 0.198 e. The third-order valence-corrected chi connectivity index (χ3v) is 8.55. The van der Waals surface area contributed by atoms with Crippen LogP contribution in [0.25, 0.3) is 0 Å². The maximum atomic E-state index is 13.5. The van der Waals surface area contributed by atoms with Crippen LogP contribution in [0.3, 0.4) is 0 Å². The van der Waals surface area contributed by atoms with Crippen molar-refractivity contribution in [1.82, 2.24) is 0 Å². The van der Waals surface area contributed by atoms with E-state index in [0.717, 1.165) is 0 Å². The van der Waals surface area contributed by atoms with Gasteiger partial charge in [0.1, 0.15) is 11.5 Å². The van der Waals surface area contributed by atoms with Crippen molar-refractivity contribution in [3.8, 4) is 11.5 Å². The van der Waals surface area contributed by atoms with E-state index in [1.54, 1.807) is 6.92 Å². The van der Waals surface area contributed by atoms with Gasteiger partial charge in [-0.15, -0.1) is 0 Å². The van der Waals surface area contributed by atoms with Crippen LogP contribution in [-0.4, -0.2) is 78.2 Å². The molecule has 10 heteroatoms. The number of Topliss-reactive ketones (excluding diaryl/α,β-unsaturated/α-hetero) is 2. The van der Waals surface area contributed by atoms with Gasteiger partial charge in [-0.05, 0) is 62.4 Å². The number of aryl methyl sites for hydroxylation is 2. The molecule has 0 aromatic heterocycles. The van der Waals surface area contributed by atoms with E-state index in [9.17, 15) is 49.8 Å². The Balaban J connectivity index is 1.49. The fourth-order valence-corrected chi connectivity index (χ4v) is 6.78. The van der Waals surface area contributed by atoms with Crippen molar-refractivity contribution >= 4 is 23.1 Å². The average molecular weight is 547 g/mol. The zero-order valence-corrected chi connectivity index (χ0v) is 21.6. The van der Waals surface area contributed by atoms with E-state index < -0.39 is 64.8 Å². The Labute approximate surface area is 227 Å². The minimum atomic E-state index is -1.72. The van der Waals surface area contributed by atoms with Crippen LogP contribution in [0.4, 0.5) is 0 Å². The van der Waals surface area contributed by atoms with Gasteiger partial charge in [-0.3, -0.25) is 19.2 Å². The lowest BCUT2D eigenvalue weighted by molar-refractivity contribution is -0.121. The van der Waals surface area contributed by atoms with Gasteiger partial charge >= 0.3 is 0 Å². The fraction of sp³-hybridized carbons (Fsp3) is 0.333. The molecule has 10 nitrogen and oxygen atoms in total. The van der Waals surface area contributed by atoms with Gasteiger partial charge in [-0.2, -0.15) is 0 Å². The molecule has 0 saturated heterocycles. The molecule has 0 spiro atoms. The monoisotopic (exact) mass is 546 g/mol. The van der Waals surface area contributed by atoms with Gasteiger partial charge in [-0.25, -0.2) is 0 Å². The lowest BCUT2D eigenvalue weighted by Crippen LogP contribution is -2.47. The molecule has 2 aromatic carbocycles. The summed E-state index contributed by atoms with van der Waals surface area (Å²) in [5.41, 5.74) is -1.30. The largest absolute Gasteiger partial charge is 0.507 e. The number of rotatable bonds is 1. The molecule has 5 atom stereocenters. The highest BCUT2D eigenvalue weighted by molar-refractivity contribution is 6.30. The molecule has 0 saturated carbocycles. The standard InChI is InChI=1S/C30H26O10/c1-9-5-11-19(16(33)6-9)25(35)12-7-10(2)18(28(38)20(12)26(11)36)13-8-17(34)23-24(27(13)37)30(40)22-15(32)4-3-14(31)21(22)29(23)39/h5-7,13-15,17,27,31-34,37-38H,3-4,8H2,1-2H3/t13-,14+,15+,17-,27+/m1/s1. The quantitative estimate of drug-likeness (QED) is 0.240. The SMILES string of the molecule is Cc1cc(O)c2c(c1)C(=O)c1c(cc(C)c([C@H]3C[C@@H](O)C4=C(C(=O)C5=C(C4=O)[C@@H](O)CC[C@@H]5O)[C@H]3O)c1O)C2=O. The van der Waals surface area contributed by atoms with Gasteiger partial charge in [0.25, 0.3) is 0 Å². The Hall–Kier alpha value is -3.96. The van der Waals surface area contributed by atoms with E-state index in [-0.39, 0.29) is 75.1 Å². The zero-order chi connectivity index (χ0) is 28.9. The van der Waals surface area contributed by atoms with Crippen molar-refractivity contribution in [3.05, 3.63) is 79.4 Å². The maximum absolute atomic E-state index is 13.5. The number of benzene rings is 2. The molecule has 4 aliphatic rings. The molecule has 40 heavy (non-hydrogen) atoms. The van der Waals surface area contributed by atoms with Gasteiger partial charge in [-0.1, -0.05) is 0 Å². The lowest BCUT2D eigenvalue weighted by Gasteiger charge is -2.40. The van der Waals surface area contributed by atoms with Gasteiger partial charge < -0.3 is 30.6 Å². The zero-order valence-electron chi connectivity index (χ0n) is 21.6. The molecule has 6 rings (SSSR count). The molecule has 0 radical (unpaired) electrons.